The van der Waals surface area contributed by atoms with Crippen molar-refractivity contribution in [2.75, 3.05) is 0 Å². The molecule has 3 heterocycles. The number of hydrazone groups is 1. The molecule has 0 aliphatic rings. The van der Waals surface area contributed by atoms with E-state index in [-0.39, 0.29) is 5.91 Å². The van der Waals surface area contributed by atoms with Crippen LogP contribution in [0.2, 0.25) is 0 Å². The maximum Gasteiger partial charge on any atom is 0.272 e. The van der Waals surface area contributed by atoms with E-state index < -0.39 is 0 Å². The van der Waals surface area contributed by atoms with E-state index in [1.165, 1.54) is 6.20 Å². The number of nitrogens with one attached hydrogen (secondary N) is 1. The lowest BCUT2D eigenvalue weighted by atomic mass is 10.2. The Labute approximate surface area is 139 Å². The van der Waals surface area contributed by atoms with Crippen molar-refractivity contribution >= 4 is 12.1 Å². The third-order valence-electron chi connectivity index (χ3n) is 3.64. The van der Waals surface area contributed by atoms with Gasteiger partial charge in [0.2, 0.25) is 0 Å². The fraction of sp³-hybridized carbons (Fsp3) is 0.111. The maximum absolute atomic E-state index is 11.9. The predicted octanol–water partition coefficient (Wildman–Crippen LogP) is 2.65. The minimum atomic E-state index is -0.294. The van der Waals surface area contributed by atoms with Crippen LogP contribution in [0, 0.1) is 13.8 Å². The SMILES string of the molecule is Cc1cc(/C=N\NC(=O)c2cccnc2)c(C)n1-c1ccccn1. The summed E-state index contributed by atoms with van der Waals surface area (Å²) in [6, 6.07) is 11.2. The molecule has 0 spiro atoms. The van der Waals surface area contributed by atoms with E-state index in [1.54, 1.807) is 30.7 Å². The Balaban J connectivity index is 1.78. The summed E-state index contributed by atoms with van der Waals surface area (Å²) in [5.74, 6) is 0.560. The largest absolute Gasteiger partial charge is 0.303 e. The molecule has 0 aliphatic carbocycles. The molecular formula is C18H17N5O. The van der Waals surface area contributed by atoms with Crippen LogP contribution in [-0.4, -0.2) is 26.7 Å². The second kappa shape index (κ2) is 6.87. The molecule has 0 radical (unpaired) electrons. The number of rotatable bonds is 4. The van der Waals surface area contributed by atoms with E-state index in [0.29, 0.717) is 5.56 Å². The molecule has 0 bridgehead atoms. The maximum atomic E-state index is 11.9. The molecule has 6 nitrogen and oxygen atoms in total. The monoisotopic (exact) mass is 319 g/mol. The molecule has 0 fully saturated rings. The number of carbonyl (C=O) groups is 1. The summed E-state index contributed by atoms with van der Waals surface area (Å²) in [5, 5.41) is 4.04. The van der Waals surface area contributed by atoms with Gasteiger partial charge in [0.15, 0.2) is 0 Å². The predicted molar refractivity (Wildman–Crippen MR) is 92.3 cm³/mol. The highest BCUT2D eigenvalue weighted by Gasteiger charge is 2.10. The number of aryl methyl sites for hydroxylation is 1. The summed E-state index contributed by atoms with van der Waals surface area (Å²) < 4.78 is 2.05. The molecule has 24 heavy (non-hydrogen) atoms. The molecule has 6 heteroatoms. The molecule has 1 N–H and O–H groups in total. The molecule has 0 aliphatic heterocycles. The lowest BCUT2D eigenvalue weighted by Gasteiger charge is -2.07. The van der Waals surface area contributed by atoms with Crippen LogP contribution in [0.1, 0.15) is 27.3 Å². The Hall–Kier alpha value is -3.28. The van der Waals surface area contributed by atoms with Crippen LogP contribution in [0.4, 0.5) is 0 Å². The van der Waals surface area contributed by atoms with Crippen LogP contribution >= 0.6 is 0 Å². The first kappa shape index (κ1) is 15.6. The van der Waals surface area contributed by atoms with Gasteiger partial charge in [-0.2, -0.15) is 5.10 Å². The topological polar surface area (TPSA) is 72.2 Å². The van der Waals surface area contributed by atoms with Crippen LogP contribution < -0.4 is 5.43 Å². The van der Waals surface area contributed by atoms with Gasteiger partial charge in [0.25, 0.3) is 5.91 Å². The van der Waals surface area contributed by atoms with Crippen molar-refractivity contribution in [3.63, 3.8) is 0 Å². The van der Waals surface area contributed by atoms with Gasteiger partial charge in [-0.1, -0.05) is 6.07 Å². The van der Waals surface area contributed by atoms with Crippen LogP contribution in [-0.2, 0) is 0 Å². The first-order valence-corrected chi connectivity index (χ1v) is 7.50. The van der Waals surface area contributed by atoms with Gasteiger partial charge in [0, 0.05) is 35.5 Å². The fourth-order valence-electron chi connectivity index (χ4n) is 2.48. The van der Waals surface area contributed by atoms with Crippen LogP contribution in [0.3, 0.4) is 0 Å². The first-order chi connectivity index (χ1) is 11.7. The van der Waals surface area contributed by atoms with Gasteiger partial charge in [0.1, 0.15) is 5.82 Å². The number of aromatic nitrogens is 3. The van der Waals surface area contributed by atoms with Gasteiger partial charge in [-0.15, -0.1) is 0 Å². The summed E-state index contributed by atoms with van der Waals surface area (Å²) >= 11 is 0. The Bertz CT molecular complexity index is 869. The number of hydrogen-bond donors (Lipinski definition) is 1. The summed E-state index contributed by atoms with van der Waals surface area (Å²) in [6.45, 7) is 4.00. The lowest BCUT2D eigenvalue weighted by molar-refractivity contribution is 0.0955. The molecule has 3 aromatic heterocycles. The van der Waals surface area contributed by atoms with Crippen molar-refractivity contribution in [3.8, 4) is 5.82 Å². The van der Waals surface area contributed by atoms with Crippen molar-refractivity contribution in [2.45, 2.75) is 13.8 Å². The number of hydrogen-bond acceptors (Lipinski definition) is 4. The first-order valence-electron chi connectivity index (χ1n) is 7.50. The molecule has 3 rings (SSSR count). The number of carbonyl (C=O) groups excluding carboxylic acids is 1. The Morgan fingerprint density at radius 3 is 2.79 bits per heavy atom. The molecule has 3 aromatic rings. The number of amides is 1. The zero-order valence-corrected chi connectivity index (χ0v) is 13.5. The minimum Gasteiger partial charge on any atom is -0.303 e. The van der Waals surface area contributed by atoms with Crippen molar-refractivity contribution in [2.24, 2.45) is 5.10 Å². The van der Waals surface area contributed by atoms with Crippen LogP contribution in [0.25, 0.3) is 5.82 Å². The lowest BCUT2D eigenvalue weighted by Crippen LogP contribution is -2.17. The van der Waals surface area contributed by atoms with E-state index >= 15 is 0 Å². The van der Waals surface area contributed by atoms with E-state index in [2.05, 4.69) is 20.5 Å². The van der Waals surface area contributed by atoms with Crippen LogP contribution in [0.5, 0.6) is 0 Å². The Kier molecular flexibility index (Phi) is 4.47. The Morgan fingerprint density at radius 1 is 1.21 bits per heavy atom. The van der Waals surface area contributed by atoms with E-state index in [0.717, 1.165) is 22.8 Å². The molecule has 0 saturated carbocycles. The molecule has 0 atom stereocenters. The third-order valence-corrected chi connectivity index (χ3v) is 3.64. The third kappa shape index (κ3) is 3.22. The van der Waals surface area contributed by atoms with Crippen LogP contribution in [0.15, 0.2) is 60.1 Å². The van der Waals surface area contributed by atoms with Gasteiger partial charge < -0.3 is 4.57 Å². The summed E-state index contributed by atoms with van der Waals surface area (Å²) in [7, 11) is 0. The average molecular weight is 319 g/mol. The molecule has 120 valence electrons. The minimum absolute atomic E-state index is 0.294. The highest BCUT2D eigenvalue weighted by atomic mass is 16.2. The zero-order valence-electron chi connectivity index (χ0n) is 13.5. The standard InChI is InChI=1S/C18H17N5O/c1-13-10-16(14(2)23(13)17-7-3-4-9-20-17)12-21-22-18(24)15-6-5-8-19-11-15/h3-12H,1-2H3,(H,22,24)/b21-12-. The molecule has 0 unspecified atom stereocenters. The van der Waals surface area contributed by atoms with E-state index in [4.69, 9.17) is 0 Å². The van der Waals surface area contributed by atoms with Crippen molar-refractivity contribution in [1.82, 2.24) is 20.0 Å². The molecule has 1 amide bonds. The number of pyridine rings is 2. The summed E-state index contributed by atoms with van der Waals surface area (Å²) in [4.78, 5) is 20.2. The van der Waals surface area contributed by atoms with Crippen molar-refractivity contribution in [1.29, 1.82) is 0 Å². The zero-order chi connectivity index (χ0) is 16.9. The van der Waals surface area contributed by atoms with Crippen molar-refractivity contribution in [3.05, 3.63) is 77.5 Å². The normalized spacial score (nSPS) is 10.9. The highest BCUT2D eigenvalue weighted by Crippen LogP contribution is 2.17. The summed E-state index contributed by atoms with van der Waals surface area (Å²) in [5.41, 5.74) is 5.95. The quantitative estimate of drug-likeness (QED) is 0.593. The van der Waals surface area contributed by atoms with Gasteiger partial charge in [0.05, 0.1) is 11.8 Å². The van der Waals surface area contributed by atoms with Crippen molar-refractivity contribution < 1.29 is 4.79 Å². The average Bonchev–Trinajstić information content (AvgIpc) is 2.90. The smallest absolute Gasteiger partial charge is 0.272 e. The second-order valence-electron chi connectivity index (χ2n) is 5.29. The second-order valence-corrected chi connectivity index (χ2v) is 5.29. The number of nitrogens with zero attached hydrogens (tertiary/aromatic N) is 4. The summed E-state index contributed by atoms with van der Waals surface area (Å²) in [6.07, 6.45) is 6.51. The van der Waals surface area contributed by atoms with Gasteiger partial charge in [-0.3, -0.25) is 9.78 Å². The highest BCUT2D eigenvalue weighted by molar-refractivity contribution is 5.94. The van der Waals surface area contributed by atoms with E-state index in [1.807, 2.05) is 42.7 Å². The van der Waals surface area contributed by atoms with Gasteiger partial charge in [-0.05, 0) is 44.2 Å². The van der Waals surface area contributed by atoms with E-state index in [9.17, 15) is 4.79 Å². The Morgan fingerprint density at radius 2 is 2.08 bits per heavy atom. The molecule has 0 aromatic carbocycles. The molecular weight excluding hydrogens is 302 g/mol. The van der Waals surface area contributed by atoms with Gasteiger partial charge in [-0.25, -0.2) is 10.4 Å². The molecule has 0 saturated heterocycles. The van der Waals surface area contributed by atoms with Gasteiger partial charge >= 0.3 is 0 Å². The fourth-order valence-corrected chi connectivity index (χ4v) is 2.48.